The van der Waals surface area contributed by atoms with E-state index in [-0.39, 0.29) is 13.2 Å². The van der Waals surface area contributed by atoms with Crippen LogP contribution in [0.15, 0.2) is 24.3 Å². The highest BCUT2D eigenvalue weighted by Gasteiger charge is 2.19. The van der Waals surface area contributed by atoms with Crippen LogP contribution in [0.1, 0.15) is 18.1 Å². The summed E-state index contributed by atoms with van der Waals surface area (Å²) in [6.45, 7) is 1.64. The van der Waals surface area contributed by atoms with E-state index in [2.05, 4.69) is 0 Å². The summed E-state index contributed by atoms with van der Waals surface area (Å²) < 4.78 is 0. The Morgan fingerprint density at radius 2 is 2.08 bits per heavy atom. The zero-order valence-electron chi connectivity index (χ0n) is 7.70. The number of aliphatic hydroxyl groups excluding tert-OH is 2. The first-order valence-corrected chi connectivity index (χ1v) is 4.20. The maximum atomic E-state index is 9.02. The van der Waals surface area contributed by atoms with Crippen LogP contribution in [0.25, 0.3) is 0 Å². The minimum atomic E-state index is -0.731. The summed E-state index contributed by atoms with van der Waals surface area (Å²) in [5.74, 6) is 0. The van der Waals surface area contributed by atoms with E-state index in [0.717, 1.165) is 11.1 Å². The fourth-order valence-electron chi connectivity index (χ4n) is 1.12. The molecule has 4 N–H and O–H groups in total. The Bertz CT molecular complexity index is 284. The van der Waals surface area contributed by atoms with Gasteiger partial charge >= 0.3 is 0 Å². The lowest BCUT2D eigenvalue weighted by molar-refractivity contribution is 0.209. The molecular weight excluding hydrogens is 166 g/mol. The van der Waals surface area contributed by atoms with Crippen molar-refractivity contribution in [3.05, 3.63) is 35.4 Å². The van der Waals surface area contributed by atoms with Crippen LogP contribution in [0.5, 0.6) is 0 Å². The molecule has 3 nitrogen and oxygen atoms in total. The molecule has 0 aliphatic rings. The second-order valence-corrected chi connectivity index (χ2v) is 3.43. The largest absolute Gasteiger partial charge is 0.394 e. The topological polar surface area (TPSA) is 66.5 Å². The van der Waals surface area contributed by atoms with Crippen molar-refractivity contribution >= 4 is 0 Å². The molecule has 1 rings (SSSR count). The van der Waals surface area contributed by atoms with Gasteiger partial charge in [0.2, 0.25) is 0 Å². The number of rotatable bonds is 3. The van der Waals surface area contributed by atoms with E-state index in [1.54, 1.807) is 13.0 Å². The lowest BCUT2D eigenvalue weighted by Gasteiger charge is -2.22. The molecule has 0 radical (unpaired) electrons. The van der Waals surface area contributed by atoms with Gasteiger partial charge in [0.05, 0.1) is 18.8 Å². The number of hydrogen-bond donors (Lipinski definition) is 3. The van der Waals surface area contributed by atoms with Gasteiger partial charge in [-0.05, 0) is 18.1 Å². The summed E-state index contributed by atoms with van der Waals surface area (Å²) in [6.07, 6.45) is 0. The Morgan fingerprint density at radius 1 is 1.38 bits per heavy atom. The lowest BCUT2D eigenvalue weighted by atomic mass is 9.93. The molecule has 0 amide bonds. The van der Waals surface area contributed by atoms with Gasteiger partial charge in [0.1, 0.15) is 0 Å². The van der Waals surface area contributed by atoms with Crippen molar-refractivity contribution in [1.82, 2.24) is 0 Å². The van der Waals surface area contributed by atoms with Crippen LogP contribution < -0.4 is 5.73 Å². The molecule has 72 valence electrons. The maximum Gasteiger partial charge on any atom is 0.0681 e. The predicted octanol–water partition coefficient (Wildman–Crippen LogP) is 0.345. The minimum absolute atomic E-state index is 0.00461. The van der Waals surface area contributed by atoms with E-state index in [9.17, 15) is 0 Å². The normalized spacial score (nSPS) is 15.4. The van der Waals surface area contributed by atoms with Crippen LogP contribution in [0.2, 0.25) is 0 Å². The Kier molecular flexibility index (Phi) is 3.03. The predicted molar refractivity (Wildman–Crippen MR) is 51.0 cm³/mol. The molecule has 0 aliphatic carbocycles. The summed E-state index contributed by atoms with van der Waals surface area (Å²) in [7, 11) is 0. The second kappa shape index (κ2) is 3.87. The van der Waals surface area contributed by atoms with Crippen LogP contribution in [0.4, 0.5) is 0 Å². The first kappa shape index (κ1) is 10.2. The van der Waals surface area contributed by atoms with E-state index in [1.165, 1.54) is 0 Å². The van der Waals surface area contributed by atoms with Gasteiger partial charge in [-0.15, -0.1) is 0 Å². The highest BCUT2D eigenvalue weighted by atomic mass is 16.3. The molecule has 0 aromatic heterocycles. The quantitative estimate of drug-likeness (QED) is 0.630. The smallest absolute Gasteiger partial charge is 0.0681 e. The van der Waals surface area contributed by atoms with E-state index in [1.807, 2.05) is 18.2 Å². The lowest BCUT2D eigenvalue weighted by Crippen LogP contribution is -2.36. The van der Waals surface area contributed by atoms with Gasteiger partial charge in [-0.25, -0.2) is 0 Å². The molecule has 0 fully saturated rings. The molecular formula is C10H15NO2. The van der Waals surface area contributed by atoms with Crippen molar-refractivity contribution in [3.8, 4) is 0 Å². The molecule has 0 aliphatic heterocycles. The Labute approximate surface area is 77.8 Å². The molecule has 0 saturated carbocycles. The SMILES string of the molecule is C[C@](N)(CO)c1cccc(CO)c1. The van der Waals surface area contributed by atoms with Crippen LogP contribution in [-0.2, 0) is 12.1 Å². The maximum absolute atomic E-state index is 9.02. The zero-order valence-corrected chi connectivity index (χ0v) is 7.70. The Hall–Kier alpha value is -0.900. The van der Waals surface area contributed by atoms with Gasteiger partial charge in [-0.2, -0.15) is 0 Å². The Balaban J connectivity index is 3.01. The van der Waals surface area contributed by atoms with Gasteiger partial charge in [-0.3, -0.25) is 0 Å². The number of hydrogen-bond acceptors (Lipinski definition) is 3. The van der Waals surface area contributed by atoms with E-state index in [0.29, 0.717) is 0 Å². The molecule has 3 heteroatoms. The van der Waals surface area contributed by atoms with E-state index in [4.69, 9.17) is 15.9 Å². The summed E-state index contributed by atoms with van der Waals surface area (Å²) in [5, 5.41) is 17.9. The summed E-state index contributed by atoms with van der Waals surface area (Å²) in [4.78, 5) is 0. The monoisotopic (exact) mass is 181 g/mol. The summed E-state index contributed by atoms with van der Waals surface area (Å²) in [5.41, 5.74) is 6.74. The highest BCUT2D eigenvalue weighted by molar-refractivity contribution is 5.28. The summed E-state index contributed by atoms with van der Waals surface area (Å²) in [6, 6.07) is 7.28. The fourth-order valence-corrected chi connectivity index (χ4v) is 1.12. The second-order valence-electron chi connectivity index (χ2n) is 3.43. The van der Waals surface area contributed by atoms with Gasteiger partial charge in [0, 0.05) is 0 Å². The molecule has 1 atom stereocenters. The molecule has 0 saturated heterocycles. The number of nitrogens with two attached hydrogens (primary N) is 1. The highest BCUT2D eigenvalue weighted by Crippen LogP contribution is 2.18. The van der Waals surface area contributed by atoms with Crippen molar-refractivity contribution in [1.29, 1.82) is 0 Å². The van der Waals surface area contributed by atoms with Gasteiger partial charge < -0.3 is 15.9 Å². The fraction of sp³-hybridized carbons (Fsp3) is 0.400. The Morgan fingerprint density at radius 3 is 2.62 bits per heavy atom. The van der Waals surface area contributed by atoms with Crippen molar-refractivity contribution in [2.24, 2.45) is 5.73 Å². The van der Waals surface area contributed by atoms with Crippen LogP contribution in [0, 0.1) is 0 Å². The first-order chi connectivity index (χ1) is 6.10. The third-order valence-electron chi connectivity index (χ3n) is 2.10. The first-order valence-electron chi connectivity index (χ1n) is 4.20. The van der Waals surface area contributed by atoms with Gasteiger partial charge in [0.25, 0.3) is 0 Å². The van der Waals surface area contributed by atoms with Crippen molar-refractivity contribution in [3.63, 3.8) is 0 Å². The summed E-state index contributed by atoms with van der Waals surface area (Å²) >= 11 is 0. The minimum Gasteiger partial charge on any atom is -0.394 e. The van der Waals surface area contributed by atoms with Crippen LogP contribution in [0.3, 0.4) is 0 Å². The van der Waals surface area contributed by atoms with Crippen LogP contribution in [-0.4, -0.2) is 16.8 Å². The van der Waals surface area contributed by atoms with Crippen LogP contribution >= 0.6 is 0 Å². The van der Waals surface area contributed by atoms with Crippen molar-refractivity contribution < 1.29 is 10.2 Å². The molecule has 0 spiro atoms. The van der Waals surface area contributed by atoms with Crippen molar-refractivity contribution in [2.75, 3.05) is 6.61 Å². The molecule has 1 aromatic carbocycles. The average Bonchev–Trinajstić information content (AvgIpc) is 2.18. The molecule has 0 unspecified atom stereocenters. The van der Waals surface area contributed by atoms with E-state index < -0.39 is 5.54 Å². The van der Waals surface area contributed by atoms with Gasteiger partial charge in [0.15, 0.2) is 0 Å². The molecule has 0 heterocycles. The molecule has 13 heavy (non-hydrogen) atoms. The standard InChI is InChI=1S/C10H15NO2/c1-10(11,7-13)9-4-2-3-8(5-9)6-12/h2-5,12-13H,6-7,11H2,1H3/t10-/m0/s1. The third kappa shape index (κ3) is 2.28. The number of benzene rings is 1. The van der Waals surface area contributed by atoms with Gasteiger partial charge in [-0.1, -0.05) is 24.3 Å². The molecule has 1 aromatic rings. The zero-order chi connectivity index (χ0) is 9.90. The number of aliphatic hydroxyl groups is 2. The molecule has 0 bridgehead atoms. The van der Waals surface area contributed by atoms with Crippen molar-refractivity contribution in [2.45, 2.75) is 19.1 Å². The third-order valence-corrected chi connectivity index (χ3v) is 2.10. The van der Waals surface area contributed by atoms with E-state index >= 15 is 0 Å². The average molecular weight is 181 g/mol.